The summed E-state index contributed by atoms with van der Waals surface area (Å²) in [4.78, 5) is 86.6. The first-order chi connectivity index (χ1) is 23.1. The lowest BCUT2D eigenvalue weighted by atomic mass is 10.0. The highest BCUT2D eigenvalue weighted by atomic mass is 16.3. The summed E-state index contributed by atoms with van der Waals surface area (Å²) in [7, 11) is 0. The number of aliphatic hydroxyl groups is 1. The molecule has 48 heavy (non-hydrogen) atoms. The van der Waals surface area contributed by atoms with Gasteiger partial charge in [0, 0.05) is 49.5 Å². The molecule has 0 spiro atoms. The minimum absolute atomic E-state index is 0.0400. The molecule has 3 aliphatic heterocycles. The molecule has 6 amide bonds. The smallest absolute Gasteiger partial charge is 0.246 e. The standard InChI is InChI=1S/C34H39N7O7/c1-19-31(45)39-27(20-7-3-2-4-8-20)17-40(33(47)25-11-12-29(43)37-25)18-30(44)38-26(13-21-15-35-24-10-6-5-9-23(21)24)34(48)41-16-22(42)14-28(41)32(46)36-19/h2-10,15,19,22,25-28,35,42H,11-14,16-18H2,1H3,(H,36,46)(H,37,43)(H,38,44)(H,39,45)/t19-,22+,25+,26+,27-,28-/m0/s1. The Bertz CT molecular complexity index is 1730. The van der Waals surface area contributed by atoms with Gasteiger partial charge in [0.1, 0.15) is 24.2 Å². The van der Waals surface area contributed by atoms with Gasteiger partial charge in [0.15, 0.2) is 0 Å². The van der Waals surface area contributed by atoms with Gasteiger partial charge in [-0.05, 0) is 30.5 Å². The van der Waals surface area contributed by atoms with E-state index in [1.807, 2.05) is 24.3 Å². The summed E-state index contributed by atoms with van der Waals surface area (Å²) in [6.45, 7) is 0.768. The van der Waals surface area contributed by atoms with E-state index in [4.69, 9.17) is 0 Å². The van der Waals surface area contributed by atoms with Crippen LogP contribution >= 0.6 is 0 Å². The molecule has 3 fully saturated rings. The average molecular weight is 658 g/mol. The number of H-pyrrole nitrogens is 1. The number of fused-ring (bicyclic) bond motifs is 2. The molecule has 3 saturated heterocycles. The van der Waals surface area contributed by atoms with Crippen molar-refractivity contribution in [2.75, 3.05) is 19.6 Å². The number of nitrogens with one attached hydrogen (secondary N) is 5. The Hall–Kier alpha value is -5.24. The second kappa shape index (κ2) is 13.9. The number of nitrogens with zero attached hydrogens (tertiary/aromatic N) is 2. The quantitative estimate of drug-likeness (QED) is 0.221. The summed E-state index contributed by atoms with van der Waals surface area (Å²) < 4.78 is 0. The van der Waals surface area contributed by atoms with Crippen molar-refractivity contribution in [3.63, 3.8) is 0 Å². The molecule has 0 bridgehead atoms. The van der Waals surface area contributed by atoms with Gasteiger partial charge in [-0.15, -0.1) is 0 Å². The van der Waals surface area contributed by atoms with E-state index in [1.165, 1.54) is 16.7 Å². The number of hydrogen-bond donors (Lipinski definition) is 6. The second-order valence-electron chi connectivity index (χ2n) is 12.7. The van der Waals surface area contributed by atoms with Crippen LogP contribution in [-0.4, -0.2) is 105 Å². The number of para-hydroxylation sites is 1. The molecular formula is C34H39N7O7. The van der Waals surface area contributed by atoms with E-state index in [0.717, 1.165) is 16.5 Å². The van der Waals surface area contributed by atoms with Gasteiger partial charge in [0.25, 0.3) is 0 Å². The summed E-state index contributed by atoms with van der Waals surface area (Å²) in [5, 5.41) is 22.5. The molecule has 3 aliphatic rings. The zero-order valence-corrected chi connectivity index (χ0v) is 26.5. The van der Waals surface area contributed by atoms with Crippen LogP contribution in [0.25, 0.3) is 10.9 Å². The van der Waals surface area contributed by atoms with E-state index in [1.54, 1.807) is 36.5 Å². The van der Waals surface area contributed by atoms with E-state index in [9.17, 15) is 33.9 Å². The number of aliphatic hydroxyl groups excluding tert-OH is 1. The fraction of sp³-hybridized carbons (Fsp3) is 0.412. The maximum atomic E-state index is 14.2. The van der Waals surface area contributed by atoms with Crippen molar-refractivity contribution in [1.82, 2.24) is 36.1 Å². The maximum Gasteiger partial charge on any atom is 0.246 e. The molecule has 4 heterocycles. The second-order valence-corrected chi connectivity index (χ2v) is 12.7. The summed E-state index contributed by atoms with van der Waals surface area (Å²) >= 11 is 0. The fourth-order valence-electron chi connectivity index (χ4n) is 6.70. The summed E-state index contributed by atoms with van der Waals surface area (Å²) in [5.41, 5.74) is 2.24. The van der Waals surface area contributed by atoms with E-state index in [0.29, 0.717) is 5.56 Å². The van der Waals surface area contributed by atoms with Crippen molar-refractivity contribution < 1.29 is 33.9 Å². The van der Waals surface area contributed by atoms with E-state index < -0.39 is 72.4 Å². The number of aromatic amines is 1. The van der Waals surface area contributed by atoms with Gasteiger partial charge >= 0.3 is 0 Å². The van der Waals surface area contributed by atoms with Crippen LogP contribution in [0.2, 0.25) is 0 Å². The Kier molecular flexibility index (Phi) is 9.44. The van der Waals surface area contributed by atoms with Gasteiger partial charge in [-0.25, -0.2) is 0 Å². The molecular weight excluding hydrogens is 618 g/mol. The van der Waals surface area contributed by atoms with Crippen LogP contribution in [0.3, 0.4) is 0 Å². The molecule has 6 atom stereocenters. The Morgan fingerprint density at radius 1 is 0.875 bits per heavy atom. The SMILES string of the molecule is C[C@@H]1NC(=O)[C@@H]2C[C@@H](O)CN2C(=O)[C@@H](Cc2c[nH]c3ccccc23)NC(=O)CN(C(=O)[C@H]2CCC(=O)N2)C[C@@H](c2ccccc2)NC1=O. The van der Waals surface area contributed by atoms with Crippen molar-refractivity contribution in [3.05, 3.63) is 71.9 Å². The van der Waals surface area contributed by atoms with E-state index in [-0.39, 0.29) is 44.7 Å². The van der Waals surface area contributed by atoms with Crippen molar-refractivity contribution in [2.24, 2.45) is 0 Å². The third-order valence-electron chi connectivity index (χ3n) is 9.21. The summed E-state index contributed by atoms with van der Waals surface area (Å²) in [6.07, 6.45) is 1.20. The predicted molar refractivity (Wildman–Crippen MR) is 173 cm³/mol. The fourth-order valence-corrected chi connectivity index (χ4v) is 6.70. The average Bonchev–Trinajstić information content (AvgIpc) is 3.81. The monoisotopic (exact) mass is 657 g/mol. The minimum atomic E-state index is -1.16. The Labute approximate surface area is 276 Å². The van der Waals surface area contributed by atoms with Crippen molar-refractivity contribution in [3.8, 4) is 0 Å². The van der Waals surface area contributed by atoms with Crippen molar-refractivity contribution in [1.29, 1.82) is 0 Å². The van der Waals surface area contributed by atoms with Gasteiger partial charge in [-0.2, -0.15) is 0 Å². The van der Waals surface area contributed by atoms with Crippen LogP contribution in [-0.2, 0) is 35.2 Å². The molecule has 2 aromatic carbocycles. The third-order valence-corrected chi connectivity index (χ3v) is 9.21. The molecule has 0 unspecified atom stereocenters. The van der Waals surface area contributed by atoms with Crippen LogP contribution < -0.4 is 21.3 Å². The lowest BCUT2D eigenvalue weighted by Crippen LogP contribution is -2.56. The number of aromatic nitrogens is 1. The molecule has 0 saturated carbocycles. The highest BCUT2D eigenvalue weighted by Crippen LogP contribution is 2.24. The Balaban J connectivity index is 1.37. The number of rotatable bonds is 4. The van der Waals surface area contributed by atoms with Gasteiger partial charge in [-0.3, -0.25) is 28.8 Å². The highest BCUT2D eigenvalue weighted by Gasteiger charge is 2.43. The number of hydrogen-bond acceptors (Lipinski definition) is 7. The number of benzene rings is 2. The first kappa shape index (κ1) is 32.7. The first-order valence-electron chi connectivity index (χ1n) is 16.1. The van der Waals surface area contributed by atoms with Crippen LogP contribution in [0.15, 0.2) is 60.8 Å². The van der Waals surface area contributed by atoms with Crippen molar-refractivity contribution in [2.45, 2.75) is 68.9 Å². The zero-order chi connectivity index (χ0) is 33.9. The zero-order valence-electron chi connectivity index (χ0n) is 26.5. The predicted octanol–water partition coefficient (Wildman–Crippen LogP) is -0.360. The molecule has 14 heteroatoms. The van der Waals surface area contributed by atoms with Crippen LogP contribution in [0.5, 0.6) is 0 Å². The summed E-state index contributed by atoms with van der Waals surface area (Å²) in [6, 6.07) is 11.5. The van der Waals surface area contributed by atoms with Crippen molar-refractivity contribution >= 4 is 46.3 Å². The van der Waals surface area contributed by atoms with Gasteiger partial charge in [0.2, 0.25) is 35.4 Å². The topological polar surface area (TPSA) is 193 Å². The Morgan fingerprint density at radius 3 is 2.38 bits per heavy atom. The number of carbonyl (C=O) groups is 6. The molecule has 14 nitrogen and oxygen atoms in total. The molecule has 3 aromatic rings. The highest BCUT2D eigenvalue weighted by molar-refractivity contribution is 5.97. The van der Waals surface area contributed by atoms with Crippen LogP contribution in [0.4, 0.5) is 0 Å². The first-order valence-corrected chi connectivity index (χ1v) is 16.1. The molecule has 252 valence electrons. The molecule has 0 aliphatic carbocycles. The lowest BCUT2D eigenvalue weighted by molar-refractivity contribution is -0.142. The third kappa shape index (κ3) is 7.03. The number of carbonyl (C=O) groups excluding carboxylic acids is 6. The Morgan fingerprint density at radius 2 is 1.62 bits per heavy atom. The van der Waals surface area contributed by atoms with Gasteiger partial charge < -0.3 is 41.2 Å². The number of amides is 6. The maximum absolute atomic E-state index is 14.2. The van der Waals surface area contributed by atoms with E-state index in [2.05, 4.69) is 26.3 Å². The van der Waals surface area contributed by atoms with Gasteiger partial charge in [-0.1, -0.05) is 48.5 Å². The van der Waals surface area contributed by atoms with Gasteiger partial charge in [0.05, 0.1) is 18.7 Å². The minimum Gasteiger partial charge on any atom is -0.391 e. The summed E-state index contributed by atoms with van der Waals surface area (Å²) in [5.74, 6) is -3.17. The molecule has 1 aromatic heterocycles. The molecule has 6 rings (SSSR count). The van der Waals surface area contributed by atoms with Crippen LogP contribution in [0.1, 0.15) is 43.4 Å². The molecule has 6 N–H and O–H groups in total. The molecule has 0 radical (unpaired) electrons. The van der Waals surface area contributed by atoms with Crippen LogP contribution in [0, 0.1) is 0 Å². The van der Waals surface area contributed by atoms with E-state index >= 15 is 0 Å². The lowest BCUT2D eigenvalue weighted by Gasteiger charge is -2.31. The normalized spacial score (nSPS) is 27.4. The largest absolute Gasteiger partial charge is 0.391 e.